The molecule has 0 saturated carbocycles. The monoisotopic (exact) mass is 240 g/mol. The molecule has 102 valence electrons. The lowest BCUT2D eigenvalue weighted by Crippen LogP contribution is -2.42. The van der Waals surface area contributed by atoms with Crippen LogP contribution in [-0.4, -0.2) is 5.78 Å². The van der Waals surface area contributed by atoms with Gasteiger partial charge >= 0.3 is 0 Å². The summed E-state index contributed by atoms with van der Waals surface area (Å²) in [7, 11) is 0. The van der Waals surface area contributed by atoms with Crippen LogP contribution < -0.4 is 0 Å². The van der Waals surface area contributed by atoms with E-state index < -0.39 is 0 Å². The van der Waals surface area contributed by atoms with Gasteiger partial charge in [-0.25, -0.2) is 0 Å². The second kappa shape index (κ2) is 6.02. The molecular weight excluding hydrogens is 208 g/mol. The van der Waals surface area contributed by atoms with E-state index >= 15 is 0 Å². The third-order valence-corrected chi connectivity index (χ3v) is 4.97. The molecule has 0 bridgehead atoms. The van der Waals surface area contributed by atoms with E-state index in [4.69, 9.17) is 0 Å². The zero-order chi connectivity index (χ0) is 13.9. The van der Waals surface area contributed by atoms with Crippen LogP contribution in [0.2, 0.25) is 0 Å². The molecule has 0 aliphatic rings. The van der Waals surface area contributed by atoms with E-state index in [1.807, 2.05) is 0 Å². The van der Waals surface area contributed by atoms with Crippen LogP contribution in [0.15, 0.2) is 0 Å². The minimum atomic E-state index is -0.214. The van der Waals surface area contributed by atoms with E-state index in [-0.39, 0.29) is 16.7 Å². The highest BCUT2D eigenvalue weighted by atomic mass is 16.1. The van der Waals surface area contributed by atoms with Gasteiger partial charge in [-0.05, 0) is 17.8 Å². The summed E-state index contributed by atoms with van der Waals surface area (Å²) in [5, 5.41) is 0. The molecule has 0 aromatic heterocycles. The van der Waals surface area contributed by atoms with Crippen molar-refractivity contribution in [3.05, 3.63) is 0 Å². The van der Waals surface area contributed by atoms with Crippen molar-refractivity contribution in [2.24, 2.45) is 22.7 Å². The van der Waals surface area contributed by atoms with Crippen molar-refractivity contribution >= 4 is 5.78 Å². The Balaban J connectivity index is 4.94. The molecule has 0 rings (SSSR count). The van der Waals surface area contributed by atoms with Crippen molar-refractivity contribution < 1.29 is 4.79 Å². The zero-order valence-corrected chi connectivity index (χ0v) is 13.2. The molecule has 0 aliphatic carbocycles. The summed E-state index contributed by atoms with van der Waals surface area (Å²) in [5.41, 5.74) is 0.0131. The van der Waals surface area contributed by atoms with Crippen molar-refractivity contribution in [3.8, 4) is 0 Å². The summed E-state index contributed by atoms with van der Waals surface area (Å²) < 4.78 is 0. The van der Waals surface area contributed by atoms with Gasteiger partial charge in [0, 0.05) is 11.3 Å². The van der Waals surface area contributed by atoms with Gasteiger partial charge in [-0.3, -0.25) is 4.79 Å². The van der Waals surface area contributed by atoms with Crippen molar-refractivity contribution in [2.45, 2.75) is 74.7 Å². The van der Waals surface area contributed by atoms with Crippen molar-refractivity contribution in [1.29, 1.82) is 0 Å². The first-order chi connectivity index (χ1) is 7.61. The maximum absolute atomic E-state index is 12.6. The molecule has 0 radical (unpaired) electrons. The van der Waals surface area contributed by atoms with Gasteiger partial charge in [0.15, 0.2) is 0 Å². The van der Waals surface area contributed by atoms with E-state index in [1.54, 1.807) is 0 Å². The average molecular weight is 240 g/mol. The van der Waals surface area contributed by atoms with Crippen LogP contribution >= 0.6 is 0 Å². The van der Waals surface area contributed by atoms with Crippen molar-refractivity contribution in [2.75, 3.05) is 0 Å². The van der Waals surface area contributed by atoms with Crippen LogP contribution in [0, 0.1) is 22.7 Å². The van der Waals surface area contributed by atoms with Gasteiger partial charge in [-0.1, -0.05) is 68.2 Å². The molecule has 0 saturated heterocycles. The van der Waals surface area contributed by atoms with E-state index in [9.17, 15) is 4.79 Å². The maximum atomic E-state index is 12.6. The number of rotatable bonds is 7. The zero-order valence-electron chi connectivity index (χ0n) is 13.2. The molecule has 0 aliphatic heterocycles. The quantitative estimate of drug-likeness (QED) is 0.605. The van der Waals surface area contributed by atoms with Gasteiger partial charge in [0.05, 0.1) is 0 Å². The summed E-state index contributed by atoms with van der Waals surface area (Å²) >= 11 is 0. The van der Waals surface area contributed by atoms with Crippen molar-refractivity contribution in [1.82, 2.24) is 0 Å². The number of carbonyl (C=O) groups is 1. The first kappa shape index (κ1) is 16.7. The lowest BCUT2D eigenvalue weighted by Gasteiger charge is -2.42. The molecule has 2 atom stereocenters. The SMILES string of the molecule is CCCC(C)C(=O)C(C)(C)C(C)C(C)(C)CC. The molecular formula is C16H32O. The summed E-state index contributed by atoms with van der Waals surface area (Å²) in [6.45, 7) is 17.5. The Morgan fingerprint density at radius 1 is 1.06 bits per heavy atom. The van der Waals surface area contributed by atoms with Gasteiger partial charge < -0.3 is 0 Å². The van der Waals surface area contributed by atoms with Gasteiger partial charge in [-0.2, -0.15) is 0 Å². The summed E-state index contributed by atoms with van der Waals surface area (Å²) in [6, 6.07) is 0. The Kier molecular flexibility index (Phi) is 5.90. The summed E-state index contributed by atoms with van der Waals surface area (Å²) in [4.78, 5) is 12.6. The van der Waals surface area contributed by atoms with Crippen molar-refractivity contribution in [3.63, 3.8) is 0 Å². The van der Waals surface area contributed by atoms with E-state index in [2.05, 4.69) is 55.4 Å². The number of Topliss-reactive ketones (excluding diaryl/α,β-unsaturated/α-hetero) is 1. The second-order valence-electron chi connectivity index (χ2n) is 6.84. The Labute approximate surface area is 108 Å². The maximum Gasteiger partial charge on any atom is 0.141 e. The Bertz CT molecular complexity index is 250. The molecule has 0 heterocycles. The summed E-state index contributed by atoms with van der Waals surface area (Å²) in [6.07, 6.45) is 3.23. The second-order valence-corrected chi connectivity index (χ2v) is 6.84. The van der Waals surface area contributed by atoms with E-state index in [0.29, 0.717) is 11.7 Å². The lowest BCUT2D eigenvalue weighted by molar-refractivity contribution is -0.136. The van der Waals surface area contributed by atoms with Crippen LogP contribution in [0.5, 0.6) is 0 Å². The van der Waals surface area contributed by atoms with Crippen LogP contribution in [0.25, 0.3) is 0 Å². The van der Waals surface area contributed by atoms with Crippen LogP contribution in [0.3, 0.4) is 0 Å². The highest BCUT2D eigenvalue weighted by molar-refractivity contribution is 5.86. The molecule has 0 spiro atoms. The highest BCUT2D eigenvalue weighted by Gasteiger charge is 2.42. The summed E-state index contributed by atoms with van der Waals surface area (Å²) in [5.74, 6) is 1.05. The van der Waals surface area contributed by atoms with Gasteiger partial charge in [-0.15, -0.1) is 0 Å². The van der Waals surface area contributed by atoms with Crippen LogP contribution in [0.4, 0.5) is 0 Å². The normalized spacial score (nSPS) is 16.7. The molecule has 0 N–H and O–H groups in total. The molecule has 0 aromatic carbocycles. The third-order valence-electron chi connectivity index (χ3n) is 4.97. The molecule has 17 heavy (non-hydrogen) atoms. The van der Waals surface area contributed by atoms with Crippen LogP contribution in [0.1, 0.15) is 74.7 Å². The van der Waals surface area contributed by atoms with E-state index in [1.165, 1.54) is 0 Å². The Morgan fingerprint density at radius 2 is 1.53 bits per heavy atom. The molecule has 1 heteroatoms. The Hall–Kier alpha value is -0.330. The van der Waals surface area contributed by atoms with Gasteiger partial charge in [0.2, 0.25) is 0 Å². The molecule has 2 unspecified atom stereocenters. The number of ketones is 1. The average Bonchev–Trinajstić information content (AvgIpc) is 2.27. The fourth-order valence-corrected chi connectivity index (χ4v) is 2.70. The first-order valence-corrected chi connectivity index (χ1v) is 7.15. The van der Waals surface area contributed by atoms with E-state index in [0.717, 1.165) is 19.3 Å². The van der Waals surface area contributed by atoms with Gasteiger partial charge in [0.25, 0.3) is 0 Å². The first-order valence-electron chi connectivity index (χ1n) is 7.15. The highest BCUT2D eigenvalue weighted by Crippen LogP contribution is 2.44. The smallest absolute Gasteiger partial charge is 0.141 e. The largest absolute Gasteiger partial charge is 0.299 e. The molecule has 0 aromatic rings. The van der Waals surface area contributed by atoms with Crippen LogP contribution in [-0.2, 0) is 4.79 Å². The minimum Gasteiger partial charge on any atom is -0.299 e. The molecule has 1 nitrogen and oxygen atoms in total. The molecule has 0 fully saturated rings. The number of hydrogen-bond acceptors (Lipinski definition) is 1. The fraction of sp³-hybridized carbons (Fsp3) is 0.938. The third kappa shape index (κ3) is 3.82. The predicted octanol–water partition coefficient (Wildman–Crippen LogP) is 5.09. The number of hydrogen-bond donors (Lipinski definition) is 0. The number of carbonyl (C=O) groups excluding carboxylic acids is 1. The topological polar surface area (TPSA) is 17.1 Å². The minimum absolute atomic E-state index is 0.199. The van der Waals surface area contributed by atoms with Gasteiger partial charge in [0.1, 0.15) is 5.78 Å². The predicted molar refractivity (Wildman–Crippen MR) is 76.1 cm³/mol. The Morgan fingerprint density at radius 3 is 1.88 bits per heavy atom. The fourth-order valence-electron chi connectivity index (χ4n) is 2.70. The standard InChI is InChI=1S/C16H32O/c1-9-11-12(3)14(17)16(7,8)13(4)15(5,6)10-2/h12-13H,9-11H2,1-8H3. The lowest BCUT2D eigenvalue weighted by atomic mass is 9.61. The molecule has 0 amide bonds.